The third-order valence-electron chi connectivity index (χ3n) is 2.32. The highest BCUT2D eigenvalue weighted by molar-refractivity contribution is 5.70. The van der Waals surface area contributed by atoms with Crippen LogP contribution in [0.1, 0.15) is 43.9 Å². The highest BCUT2D eigenvalue weighted by Gasteiger charge is 2.15. The van der Waals surface area contributed by atoms with Crippen LogP contribution in [0.25, 0.3) is 0 Å². The maximum atomic E-state index is 11.6. The maximum Gasteiger partial charge on any atom is 0.306 e. The van der Waals surface area contributed by atoms with Gasteiger partial charge in [-0.3, -0.25) is 4.79 Å². The van der Waals surface area contributed by atoms with Crippen LogP contribution in [0.15, 0.2) is 18.2 Å². The molecule has 0 saturated heterocycles. The van der Waals surface area contributed by atoms with Crippen molar-refractivity contribution in [2.45, 2.75) is 53.1 Å². The number of rotatable bonds is 3. The van der Waals surface area contributed by atoms with Crippen LogP contribution in [0.3, 0.4) is 0 Å². The number of benzene rings is 1. The molecule has 0 fully saturated rings. The van der Waals surface area contributed by atoms with Crippen LogP contribution in [-0.2, 0) is 16.0 Å². The lowest BCUT2D eigenvalue weighted by Crippen LogP contribution is -2.24. The Balaban J connectivity index is 2.53. The Labute approximate surface area is 104 Å². The molecule has 0 unspecified atom stereocenters. The first-order valence-corrected chi connectivity index (χ1v) is 6.05. The van der Waals surface area contributed by atoms with E-state index in [0.717, 1.165) is 6.42 Å². The van der Waals surface area contributed by atoms with Gasteiger partial charge in [-0.15, -0.1) is 0 Å². The van der Waals surface area contributed by atoms with Crippen molar-refractivity contribution in [1.29, 1.82) is 0 Å². The lowest BCUT2D eigenvalue weighted by atomic mass is 10.0. The molecule has 0 heterocycles. The SMILES string of the molecule is Cc1cc(C)cc(CCC(=O)OC(C)(C)C)c1. The van der Waals surface area contributed by atoms with Crippen LogP contribution in [0, 0.1) is 13.8 Å². The van der Waals surface area contributed by atoms with E-state index in [1.165, 1.54) is 16.7 Å². The van der Waals surface area contributed by atoms with Crippen molar-refractivity contribution in [1.82, 2.24) is 0 Å². The Morgan fingerprint density at radius 1 is 1.12 bits per heavy atom. The number of carbonyl (C=O) groups is 1. The van der Waals surface area contributed by atoms with Gasteiger partial charge in [0.25, 0.3) is 0 Å². The maximum absolute atomic E-state index is 11.6. The van der Waals surface area contributed by atoms with E-state index >= 15 is 0 Å². The second-order valence-electron chi connectivity index (χ2n) is 5.58. The van der Waals surface area contributed by atoms with Gasteiger partial charge in [-0.2, -0.15) is 0 Å². The summed E-state index contributed by atoms with van der Waals surface area (Å²) in [5, 5.41) is 0. The summed E-state index contributed by atoms with van der Waals surface area (Å²) in [4.78, 5) is 11.6. The first-order chi connectivity index (χ1) is 7.76. The molecule has 0 spiro atoms. The molecule has 0 aromatic heterocycles. The molecule has 0 amide bonds. The molecule has 2 heteroatoms. The molecule has 1 rings (SSSR count). The first-order valence-electron chi connectivity index (χ1n) is 6.05. The van der Waals surface area contributed by atoms with Gasteiger partial charge in [0, 0.05) is 6.42 Å². The van der Waals surface area contributed by atoms with Crippen molar-refractivity contribution in [2.24, 2.45) is 0 Å². The Bertz CT molecular complexity index is 380. The van der Waals surface area contributed by atoms with Gasteiger partial charge in [0.2, 0.25) is 0 Å². The molecular weight excluding hydrogens is 212 g/mol. The van der Waals surface area contributed by atoms with Crippen LogP contribution in [0.5, 0.6) is 0 Å². The van der Waals surface area contributed by atoms with E-state index in [4.69, 9.17) is 4.74 Å². The normalized spacial score (nSPS) is 11.4. The lowest BCUT2D eigenvalue weighted by molar-refractivity contribution is -0.154. The zero-order chi connectivity index (χ0) is 13.1. The van der Waals surface area contributed by atoms with Crippen LogP contribution < -0.4 is 0 Å². The fourth-order valence-electron chi connectivity index (χ4n) is 1.85. The van der Waals surface area contributed by atoms with Crippen molar-refractivity contribution >= 4 is 5.97 Å². The fourth-order valence-corrected chi connectivity index (χ4v) is 1.85. The molecule has 2 nitrogen and oxygen atoms in total. The number of aryl methyl sites for hydroxylation is 3. The zero-order valence-electron chi connectivity index (χ0n) is 11.5. The molecule has 0 aliphatic rings. The number of hydrogen-bond donors (Lipinski definition) is 0. The van der Waals surface area contributed by atoms with Crippen LogP contribution >= 0.6 is 0 Å². The number of esters is 1. The summed E-state index contributed by atoms with van der Waals surface area (Å²) in [6, 6.07) is 6.38. The monoisotopic (exact) mass is 234 g/mol. The van der Waals surface area contributed by atoms with Gasteiger partial charge in [0.15, 0.2) is 0 Å². The predicted molar refractivity (Wildman–Crippen MR) is 70.1 cm³/mol. The molecule has 0 radical (unpaired) electrons. The molecule has 0 aliphatic carbocycles. The van der Waals surface area contributed by atoms with Gasteiger partial charge in [0.05, 0.1) is 0 Å². The van der Waals surface area contributed by atoms with Gasteiger partial charge in [-0.25, -0.2) is 0 Å². The fraction of sp³-hybridized carbons (Fsp3) is 0.533. The molecule has 1 aromatic carbocycles. The van der Waals surface area contributed by atoms with Crippen molar-refractivity contribution in [2.75, 3.05) is 0 Å². The Morgan fingerprint density at radius 3 is 2.12 bits per heavy atom. The first kappa shape index (κ1) is 13.8. The summed E-state index contributed by atoms with van der Waals surface area (Å²) in [7, 11) is 0. The summed E-state index contributed by atoms with van der Waals surface area (Å²) in [6.07, 6.45) is 1.19. The van der Waals surface area contributed by atoms with Gasteiger partial charge in [-0.05, 0) is 46.6 Å². The highest BCUT2D eigenvalue weighted by Crippen LogP contribution is 2.13. The molecule has 94 valence electrons. The minimum Gasteiger partial charge on any atom is -0.460 e. The third-order valence-corrected chi connectivity index (χ3v) is 2.32. The zero-order valence-corrected chi connectivity index (χ0v) is 11.5. The smallest absolute Gasteiger partial charge is 0.306 e. The summed E-state index contributed by atoms with van der Waals surface area (Å²) in [5.41, 5.74) is 3.29. The van der Waals surface area contributed by atoms with Crippen molar-refractivity contribution in [3.63, 3.8) is 0 Å². The van der Waals surface area contributed by atoms with E-state index in [2.05, 4.69) is 32.0 Å². The Hall–Kier alpha value is -1.31. The number of ether oxygens (including phenoxy) is 1. The second kappa shape index (κ2) is 5.35. The molecule has 0 atom stereocenters. The van der Waals surface area contributed by atoms with Gasteiger partial charge in [-0.1, -0.05) is 29.3 Å². The van der Waals surface area contributed by atoms with Crippen molar-refractivity contribution in [3.05, 3.63) is 34.9 Å². The quantitative estimate of drug-likeness (QED) is 0.747. The van der Waals surface area contributed by atoms with Crippen molar-refractivity contribution in [3.8, 4) is 0 Å². The summed E-state index contributed by atoms with van der Waals surface area (Å²) >= 11 is 0. The van der Waals surface area contributed by atoms with Gasteiger partial charge in [0.1, 0.15) is 5.60 Å². The van der Waals surface area contributed by atoms with E-state index in [-0.39, 0.29) is 11.6 Å². The van der Waals surface area contributed by atoms with Gasteiger partial charge >= 0.3 is 5.97 Å². The average Bonchev–Trinajstić information content (AvgIpc) is 2.10. The molecule has 0 N–H and O–H groups in total. The third kappa shape index (κ3) is 5.53. The molecule has 0 aliphatic heterocycles. The molecule has 0 saturated carbocycles. The summed E-state index contributed by atoms with van der Waals surface area (Å²) < 4.78 is 5.28. The highest BCUT2D eigenvalue weighted by atomic mass is 16.6. The minimum atomic E-state index is -0.389. The molecule has 0 bridgehead atoms. The standard InChI is InChI=1S/C15H22O2/c1-11-8-12(2)10-13(9-11)6-7-14(16)17-15(3,4)5/h8-10H,6-7H2,1-5H3. The Morgan fingerprint density at radius 2 is 1.65 bits per heavy atom. The number of hydrogen-bond acceptors (Lipinski definition) is 2. The minimum absolute atomic E-state index is 0.128. The van der Waals surface area contributed by atoms with Crippen LogP contribution in [0.4, 0.5) is 0 Å². The number of carbonyl (C=O) groups excluding carboxylic acids is 1. The van der Waals surface area contributed by atoms with Crippen LogP contribution in [-0.4, -0.2) is 11.6 Å². The van der Waals surface area contributed by atoms with Crippen molar-refractivity contribution < 1.29 is 9.53 Å². The summed E-state index contributed by atoms with van der Waals surface area (Å²) in [5.74, 6) is -0.128. The summed E-state index contributed by atoms with van der Waals surface area (Å²) in [6.45, 7) is 9.82. The van der Waals surface area contributed by atoms with Gasteiger partial charge < -0.3 is 4.74 Å². The average molecular weight is 234 g/mol. The molecular formula is C15H22O2. The van der Waals surface area contributed by atoms with E-state index in [0.29, 0.717) is 6.42 Å². The van der Waals surface area contributed by atoms with Crippen LogP contribution in [0.2, 0.25) is 0 Å². The lowest BCUT2D eigenvalue weighted by Gasteiger charge is -2.19. The largest absolute Gasteiger partial charge is 0.460 e. The van der Waals surface area contributed by atoms with E-state index in [1.54, 1.807) is 0 Å². The predicted octanol–water partition coefficient (Wildman–Crippen LogP) is 3.58. The second-order valence-corrected chi connectivity index (χ2v) is 5.58. The van der Waals surface area contributed by atoms with E-state index in [9.17, 15) is 4.79 Å². The Kier molecular flexibility index (Phi) is 4.33. The molecule has 17 heavy (non-hydrogen) atoms. The topological polar surface area (TPSA) is 26.3 Å². The molecule has 1 aromatic rings. The van der Waals surface area contributed by atoms with E-state index < -0.39 is 0 Å². The van der Waals surface area contributed by atoms with E-state index in [1.807, 2.05) is 20.8 Å².